The van der Waals surface area contributed by atoms with Crippen LogP contribution in [0.15, 0.2) is 72.8 Å². The van der Waals surface area contributed by atoms with E-state index in [4.69, 9.17) is 0 Å². The van der Waals surface area contributed by atoms with E-state index in [1.54, 1.807) is 20.8 Å². The predicted octanol–water partition coefficient (Wildman–Crippen LogP) is 11.7. The van der Waals surface area contributed by atoms with Crippen LogP contribution in [0.25, 0.3) is 22.3 Å². The van der Waals surface area contributed by atoms with Crippen LogP contribution in [0, 0.1) is 5.41 Å². The van der Waals surface area contributed by atoms with Gasteiger partial charge in [0.05, 0.1) is 27.8 Å². The Morgan fingerprint density at radius 1 is 0.554 bits per heavy atom. The van der Waals surface area contributed by atoms with E-state index in [9.17, 15) is 55.7 Å². The normalized spacial score (nSPS) is 12.3. The van der Waals surface area contributed by atoms with Crippen LogP contribution >= 0.6 is 0 Å². The van der Waals surface area contributed by atoms with Crippen molar-refractivity contribution in [1.29, 1.82) is 0 Å². The number of anilines is 2. The Labute approximate surface area is 319 Å². The molecule has 0 heterocycles. The van der Waals surface area contributed by atoms with Crippen molar-refractivity contribution in [1.82, 2.24) is 0 Å². The first-order chi connectivity index (χ1) is 26.0. The number of carbonyl (C=O) groups excluding carboxylic acids is 2. The number of rotatable bonds is 14. The van der Waals surface area contributed by atoms with Crippen molar-refractivity contribution in [2.45, 2.75) is 85.1 Å². The fourth-order valence-electron chi connectivity index (χ4n) is 6.25. The summed E-state index contributed by atoms with van der Waals surface area (Å²) in [5.74, 6) is -4.50. The molecule has 8 nitrogen and oxygen atoms in total. The Morgan fingerprint density at radius 3 is 1.41 bits per heavy atom. The summed E-state index contributed by atoms with van der Waals surface area (Å²) in [6, 6.07) is 12.7. The third-order valence-corrected chi connectivity index (χ3v) is 10.6. The van der Waals surface area contributed by atoms with Crippen molar-refractivity contribution in [2.24, 2.45) is 5.41 Å². The van der Waals surface area contributed by atoms with Crippen LogP contribution in [0.5, 0.6) is 0 Å². The third kappa shape index (κ3) is 9.06. The lowest BCUT2D eigenvalue weighted by atomic mass is 9.76. The van der Waals surface area contributed by atoms with Gasteiger partial charge in [0.1, 0.15) is 0 Å². The maximum atomic E-state index is 14.5. The lowest BCUT2D eigenvalue weighted by molar-refractivity contribution is -0.139. The summed E-state index contributed by atoms with van der Waals surface area (Å²) in [6.45, 7) is 10.8. The van der Waals surface area contributed by atoms with Crippen LogP contribution in [0.4, 0.5) is 37.7 Å². The van der Waals surface area contributed by atoms with Gasteiger partial charge in [-0.3, -0.25) is 9.59 Å². The SMILES string of the molecule is CCC(C)(CC)Nc1ccc(-c2ccc(NC(=O)c3cc(-c4ccc(C(=O)O)c(C(=O)C(C)(CC)CC)c4)ccc3C(=O)O)cc2C(F)(F)F)c(C(F)(F)F)c1. The quantitative estimate of drug-likeness (QED) is 0.0739. The van der Waals surface area contributed by atoms with Crippen molar-refractivity contribution in [3.8, 4) is 22.3 Å². The van der Waals surface area contributed by atoms with Crippen molar-refractivity contribution in [3.63, 3.8) is 0 Å². The van der Waals surface area contributed by atoms with Gasteiger partial charge >= 0.3 is 24.3 Å². The highest BCUT2D eigenvalue weighted by atomic mass is 19.4. The fourth-order valence-corrected chi connectivity index (χ4v) is 6.25. The number of hydrogen-bond acceptors (Lipinski definition) is 5. The summed E-state index contributed by atoms with van der Waals surface area (Å²) in [7, 11) is 0. The zero-order valence-corrected chi connectivity index (χ0v) is 31.6. The van der Waals surface area contributed by atoms with Crippen LogP contribution < -0.4 is 10.6 Å². The summed E-state index contributed by atoms with van der Waals surface area (Å²) in [5, 5.41) is 25.0. The molecule has 1 amide bonds. The number of carboxylic acids is 2. The monoisotopic (exact) mass is 784 g/mol. The number of nitrogens with one attached hydrogen (secondary N) is 2. The first kappa shape index (κ1) is 43.1. The second-order valence-corrected chi connectivity index (χ2v) is 14.1. The van der Waals surface area contributed by atoms with Gasteiger partial charge in [-0.25, -0.2) is 9.59 Å². The minimum atomic E-state index is -5.19. The molecule has 4 N–H and O–H groups in total. The molecule has 0 bridgehead atoms. The molecular weight excluding hydrogens is 742 g/mol. The molecule has 4 aromatic carbocycles. The van der Waals surface area contributed by atoms with E-state index in [0.717, 1.165) is 36.4 Å². The summed E-state index contributed by atoms with van der Waals surface area (Å²) < 4.78 is 86.8. The first-order valence-electron chi connectivity index (χ1n) is 17.8. The molecule has 0 aromatic heterocycles. The molecule has 4 aromatic rings. The standard InChI is InChI=1S/C42H42F6N2O6/c1-7-39(5,8-2)35(51)31-19-23(11-15-29(31)37(53)54)24-12-16-30(38(55)56)32(20-24)36(52)49-25-13-17-27(33(21-25)41(43,44)45)28-18-14-26(22-34(28)42(46,47)48)50-40(6,9-3)10-4/h11-22,50H,7-10H2,1-6H3,(H,49,52)(H,53,54)(H,55,56). The summed E-state index contributed by atoms with van der Waals surface area (Å²) >= 11 is 0. The average Bonchev–Trinajstić information content (AvgIpc) is 3.15. The summed E-state index contributed by atoms with van der Waals surface area (Å²) in [4.78, 5) is 51.4. The van der Waals surface area contributed by atoms with Crippen LogP contribution in [-0.4, -0.2) is 39.4 Å². The van der Waals surface area contributed by atoms with E-state index in [-0.39, 0.29) is 27.9 Å². The largest absolute Gasteiger partial charge is 0.478 e. The van der Waals surface area contributed by atoms with E-state index < -0.39 is 86.0 Å². The van der Waals surface area contributed by atoms with Gasteiger partial charge in [0.2, 0.25) is 0 Å². The van der Waals surface area contributed by atoms with Gasteiger partial charge < -0.3 is 20.8 Å². The number of amides is 1. The average molecular weight is 785 g/mol. The van der Waals surface area contributed by atoms with Crippen molar-refractivity contribution >= 4 is 35.0 Å². The third-order valence-electron chi connectivity index (χ3n) is 10.6. The lowest BCUT2D eigenvalue weighted by Crippen LogP contribution is -2.33. The van der Waals surface area contributed by atoms with E-state index in [2.05, 4.69) is 10.6 Å². The molecule has 298 valence electrons. The first-order valence-corrected chi connectivity index (χ1v) is 17.8. The fraction of sp³-hybridized carbons (Fsp3) is 0.333. The predicted molar refractivity (Wildman–Crippen MR) is 201 cm³/mol. The van der Waals surface area contributed by atoms with Crippen LogP contribution in [-0.2, 0) is 12.4 Å². The number of alkyl halides is 6. The molecule has 0 fully saturated rings. The Bertz CT molecular complexity index is 2170. The lowest BCUT2D eigenvalue weighted by Gasteiger charge is -2.30. The molecule has 0 atom stereocenters. The zero-order valence-electron chi connectivity index (χ0n) is 31.6. The van der Waals surface area contributed by atoms with E-state index >= 15 is 0 Å². The van der Waals surface area contributed by atoms with Crippen LogP contribution in [0.1, 0.15) is 120 Å². The van der Waals surface area contributed by atoms with Gasteiger partial charge in [0, 0.05) is 27.9 Å². The highest BCUT2D eigenvalue weighted by molar-refractivity contribution is 6.12. The number of Topliss-reactive ketones (excluding diaryl/α,β-unsaturated/α-hetero) is 1. The van der Waals surface area contributed by atoms with Crippen molar-refractivity contribution in [2.75, 3.05) is 10.6 Å². The number of ketones is 1. The maximum absolute atomic E-state index is 14.5. The molecule has 14 heteroatoms. The second kappa shape index (κ2) is 16.2. The molecule has 4 rings (SSSR count). The summed E-state index contributed by atoms with van der Waals surface area (Å²) in [5.41, 5.74) is -7.18. The van der Waals surface area contributed by atoms with Gasteiger partial charge in [0.25, 0.3) is 5.91 Å². The van der Waals surface area contributed by atoms with E-state index in [1.807, 2.05) is 20.8 Å². The summed E-state index contributed by atoms with van der Waals surface area (Å²) in [6.07, 6.45) is -8.28. The van der Waals surface area contributed by atoms with Gasteiger partial charge in [-0.1, -0.05) is 58.9 Å². The Balaban J connectivity index is 1.80. The molecular formula is C42H42F6N2O6. The van der Waals surface area contributed by atoms with Gasteiger partial charge in [0.15, 0.2) is 5.78 Å². The van der Waals surface area contributed by atoms with E-state index in [1.165, 1.54) is 30.3 Å². The molecule has 0 spiro atoms. The highest BCUT2D eigenvalue weighted by Crippen LogP contribution is 2.45. The Hall–Kier alpha value is -5.66. The molecule has 0 saturated heterocycles. The Kier molecular flexibility index (Phi) is 12.5. The van der Waals surface area contributed by atoms with Gasteiger partial charge in [-0.15, -0.1) is 0 Å². The van der Waals surface area contributed by atoms with Crippen molar-refractivity contribution < 1.29 is 55.7 Å². The van der Waals surface area contributed by atoms with Gasteiger partial charge in [-0.2, -0.15) is 26.3 Å². The number of hydrogen-bond donors (Lipinski definition) is 4. The number of aromatic carboxylic acids is 2. The van der Waals surface area contributed by atoms with E-state index in [0.29, 0.717) is 31.7 Å². The molecule has 0 unspecified atom stereocenters. The van der Waals surface area contributed by atoms with Crippen LogP contribution in [0.3, 0.4) is 0 Å². The Morgan fingerprint density at radius 2 is 0.982 bits per heavy atom. The molecule has 0 saturated carbocycles. The molecule has 0 aliphatic heterocycles. The van der Waals surface area contributed by atoms with Gasteiger partial charge in [-0.05, 0) is 103 Å². The zero-order chi connectivity index (χ0) is 42.0. The number of carbonyl (C=O) groups is 4. The number of carboxylic acid groups (broad SMARTS) is 2. The molecule has 0 radical (unpaired) electrons. The minimum Gasteiger partial charge on any atom is -0.478 e. The topological polar surface area (TPSA) is 133 Å². The molecule has 56 heavy (non-hydrogen) atoms. The second-order valence-electron chi connectivity index (χ2n) is 14.1. The van der Waals surface area contributed by atoms with Crippen LogP contribution in [0.2, 0.25) is 0 Å². The maximum Gasteiger partial charge on any atom is 0.417 e. The minimum absolute atomic E-state index is 0.0715. The number of benzene rings is 4. The smallest absolute Gasteiger partial charge is 0.417 e. The molecule has 0 aliphatic carbocycles. The molecule has 0 aliphatic rings. The highest BCUT2D eigenvalue weighted by Gasteiger charge is 2.39. The van der Waals surface area contributed by atoms with Crippen molar-refractivity contribution in [3.05, 3.63) is 106 Å². The number of halogens is 6.